The Morgan fingerprint density at radius 2 is 1.73 bits per heavy atom. The monoisotopic (exact) mass is 518 g/mol. The molecule has 0 bridgehead atoms. The maximum atomic E-state index is 13.8. The molecule has 1 amide bonds. The van der Waals surface area contributed by atoms with Crippen molar-refractivity contribution in [3.8, 4) is 0 Å². The molecule has 1 aliphatic heterocycles. The van der Waals surface area contributed by atoms with Crippen LogP contribution in [0.1, 0.15) is 32.3 Å². The molecule has 0 radical (unpaired) electrons. The average molecular weight is 519 g/mol. The lowest BCUT2D eigenvalue weighted by Crippen LogP contribution is -2.50. The molecule has 0 aromatic heterocycles. The van der Waals surface area contributed by atoms with Gasteiger partial charge in [-0.15, -0.1) is 0 Å². The molecule has 33 heavy (non-hydrogen) atoms. The van der Waals surface area contributed by atoms with Crippen LogP contribution in [0, 0.1) is 5.41 Å². The van der Waals surface area contributed by atoms with Crippen molar-refractivity contribution in [2.75, 3.05) is 10.2 Å². The summed E-state index contributed by atoms with van der Waals surface area (Å²) in [5.41, 5.74) is 1.45. The Bertz CT molecular complexity index is 1170. The first kappa shape index (κ1) is 23.3. The van der Waals surface area contributed by atoms with E-state index in [1.807, 2.05) is 19.9 Å². The number of hydrogen-bond donors (Lipinski definition) is 1. The number of halogens is 4. The molecular formula is C25H22BrF3N2O2. The molecule has 1 atom stereocenters. The molecule has 1 heterocycles. The number of benzene rings is 2. The van der Waals surface area contributed by atoms with Crippen LogP contribution in [0.15, 0.2) is 70.3 Å². The van der Waals surface area contributed by atoms with E-state index in [1.54, 1.807) is 48.5 Å². The van der Waals surface area contributed by atoms with Gasteiger partial charge in [-0.05, 0) is 35.6 Å². The van der Waals surface area contributed by atoms with Crippen LogP contribution < -0.4 is 10.2 Å². The highest BCUT2D eigenvalue weighted by atomic mass is 79.9. The molecule has 4 nitrogen and oxygen atoms in total. The van der Waals surface area contributed by atoms with E-state index in [0.717, 1.165) is 5.56 Å². The van der Waals surface area contributed by atoms with Gasteiger partial charge in [-0.25, -0.2) is 0 Å². The molecule has 0 unspecified atom stereocenters. The molecule has 2 aromatic carbocycles. The number of carbonyl (C=O) groups excluding carboxylic acids is 2. The van der Waals surface area contributed by atoms with Crippen molar-refractivity contribution in [1.82, 2.24) is 0 Å². The summed E-state index contributed by atoms with van der Waals surface area (Å²) >= 11 is 3.44. The smallest absolute Gasteiger partial charge is 0.357 e. The molecule has 1 N–H and O–H groups in total. The Labute approximate surface area is 198 Å². The van der Waals surface area contributed by atoms with Crippen LogP contribution in [-0.4, -0.2) is 23.9 Å². The summed E-state index contributed by atoms with van der Waals surface area (Å²) in [4.78, 5) is 26.9. The number of anilines is 2. The Morgan fingerprint density at radius 3 is 2.39 bits per heavy atom. The van der Waals surface area contributed by atoms with Gasteiger partial charge in [0.2, 0.25) is 0 Å². The van der Waals surface area contributed by atoms with Crippen molar-refractivity contribution >= 4 is 45.1 Å². The molecule has 1 aliphatic carbocycles. The van der Waals surface area contributed by atoms with Gasteiger partial charge in [0.15, 0.2) is 5.78 Å². The Balaban J connectivity index is 2.00. The number of ketones is 1. The molecule has 172 valence electrons. The first-order valence-electron chi connectivity index (χ1n) is 10.4. The number of carbonyl (C=O) groups is 2. The van der Waals surface area contributed by atoms with Crippen LogP contribution in [0.4, 0.5) is 24.5 Å². The Hall–Kier alpha value is -2.87. The average Bonchev–Trinajstić information content (AvgIpc) is 2.86. The quantitative estimate of drug-likeness (QED) is 0.496. The summed E-state index contributed by atoms with van der Waals surface area (Å²) in [5, 5.41) is 3.18. The van der Waals surface area contributed by atoms with Crippen molar-refractivity contribution in [3.63, 3.8) is 0 Å². The third kappa shape index (κ3) is 4.62. The van der Waals surface area contributed by atoms with Crippen LogP contribution in [-0.2, 0) is 9.59 Å². The summed E-state index contributed by atoms with van der Waals surface area (Å²) in [7, 11) is 0. The fourth-order valence-electron chi connectivity index (χ4n) is 4.40. The SMILES string of the molecule is CC1(C)CC(=O)C2=C(C1)Nc1ccccc1N(C(=O)C(F)(F)F)[C@H]2/C(Br)=C/c1ccccc1. The summed E-state index contributed by atoms with van der Waals surface area (Å²) < 4.78 is 41.7. The van der Waals surface area contributed by atoms with Crippen molar-refractivity contribution in [2.45, 2.75) is 38.9 Å². The number of nitrogens with one attached hydrogen (secondary N) is 1. The second-order valence-corrected chi connectivity index (χ2v) is 9.91. The minimum atomic E-state index is -5.13. The van der Waals surface area contributed by atoms with Crippen LogP contribution in [0.2, 0.25) is 0 Å². The van der Waals surface area contributed by atoms with Crippen molar-refractivity contribution in [1.29, 1.82) is 0 Å². The van der Waals surface area contributed by atoms with E-state index < -0.39 is 18.1 Å². The van der Waals surface area contributed by atoms with E-state index in [2.05, 4.69) is 21.2 Å². The molecule has 0 saturated heterocycles. The second kappa shape index (κ2) is 8.48. The second-order valence-electron chi connectivity index (χ2n) is 8.99. The third-order valence-electron chi connectivity index (χ3n) is 5.73. The van der Waals surface area contributed by atoms with Crippen LogP contribution in [0.3, 0.4) is 0 Å². The predicted octanol–water partition coefficient (Wildman–Crippen LogP) is 6.46. The van der Waals surface area contributed by atoms with Gasteiger partial charge >= 0.3 is 12.1 Å². The van der Waals surface area contributed by atoms with Crippen LogP contribution in [0.25, 0.3) is 6.08 Å². The van der Waals surface area contributed by atoms with Crippen LogP contribution >= 0.6 is 15.9 Å². The summed E-state index contributed by atoms with van der Waals surface area (Å²) in [6.45, 7) is 3.88. The molecule has 2 aliphatic rings. The number of rotatable bonds is 2. The van der Waals surface area contributed by atoms with Crippen molar-refractivity contribution in [2.24, 2.45) is 5.41 Å². The van der Waals surface area contributed by atoms with E-state index >= 15 is 0 Å². The molecule has 2 aromatic rings. The van der Waals surface area contributed by atoms with Gasteiger partial charge in [0.05, 0.1) is 17.4 Å². The normalized spacial score (nSPS) is 20.5. The summed E-state index contributed by atoms with van der Waals surface area (Å²) in [5.74, 6) is -2.32. The van der Waals surface area contributed by atoms with Gasteiger partial charge in [-0.1, -0.05) is 72.2 Å². The van der Waals surface area contributed by atoms with E-state index in [1.165, 1.54) is 6.07 Å². The minimum Gasteiger partial charge on any atom is -0.357 e. The van der Waals surface area contributed by atoms with E-state index in [0.29, 0.717) is 22.7 Å². The van der Waals surface area contributed by atoms with Gasteiger partial charge in [-0.2, -0.15) is 13.2 Å². The number of hydrogen-bond acceptors (Lipinski definition) is 3. The van der Waals surface area contributed by atoms with E-state index in [4.69, 9.17) is 0 Å². The number of alkyl halides is 3. The van der Waals surface area contributed by atoms with E-state index in [-0.39, 0.29) is 33.4 Å². The van der Waals surface area contributed by atoms with Crippen molar-refractivity contribution < 1.29 is 22.8 Å². The molecule has 8 heteroatoms. The highest BCUT2D eigenvalue weighted by molar-refractivity contribution is 9.11. The number of amides is 1. The lowest BCUT2D eigenvalue weighted by atomic mass is 9.74. The lowest BCUT2D eigenvalue weighted by molar-refractivity contribution is -0.170. The van der Waals surface area contributed by atoms with Gasteiger partial charge in [0.25, 0.3) is 0 Å². The standard InChI is InChI=1S/C25H22BrF3N2O2/c1-24(2)13-18-21(20(32)14-24)22(16(26)12-15-8-4-3-5-9-15)31(23(33)25(27,28)29)19-11-7-6-10-17(19)30-18/h3-12,22,30H,13-14H2,1-2H3/b16-12-/t22-/m0/s1. The lowest BCUT2D eigenvalue weighted by Gasteiger charge is -2.37. The first-order chi connectivity index (χ1) is 15.5. The van der Waals surface area contributed by atoms with Gasteiger partial charge in [0.1, 0.15) is 0 Å². The number of para-hydroxylation sites is 2. The van der Waals surface area contributed by atoms with Gasteiger partial charge in [0, 0.05) is 22.2 Å². The summed E-state index contributed by atoms with van der Waals surface area (Å²) in [6, 6.07) is 14.0. The van der Waals surface area contributed by atoms with E-state index in [9.17, 15) is 22.8 Å². The zero-order valence-electron chi connectivity index (χ0n) is 18.0. The highest BCUT2D eigenvalue weighted by Gasteiger charge is 2.50. The van der Waals surface area contributed by atoms with Gasteiger partial charge in [-0.3, -0.25) is 14.5 Å². The molecule has 0 spiro atoms. The first-order valence-corrected chi connectivity index (χ1v) is 11.2. The summed E-state index contributed by atoms with van der Waals surface area (Å²) in [6.07, 6.45) is -2.86. The zero-order valence-corrected chi connectivity index (χ0v) is 19.6. The number of fused-ring (bicyclic) bond motifs is 1. The number of Topliss-reactive ketones (excluding diaryl/α,β-unsaturated/α-hetero) is 1. The molecular weight excluding hydrogens is 497 g/mol. The fourth-order valence-corrected chi connectivity index (χ4v) is 5.09. The molecule has 0 saturated carbocycles. The maximum absolute atomic E-state index is 13.8. The van der Waals surface area contributed by atoms with Crippen LogP contribution in [0.5, 0.6) is 0 Å². The maximum Gasteiger partial charge on any atom is 0.471 e. The topological polar surface area (TPSA) is 49.4 Å². The van der Waals surface area contributed by atoms with Gasteiger partial charge < -0.3 is 5.32 Å². The highest BCUT2D eigenvalue weighted by Crippen LogP contribution is 2.47. The fraction of sp³-hybridized carbons (Fsp3) is 0.280. The molecule has 0 fully saturated rings. The number of nitrogens with zero attached hydrogens (tertiary/aromatic N) is 1. The largest absolute Gasteiger partial charge is 0.471 e. The number of allylic oxidation sites excluding steroid dienone is 1. The predicted molar refractivity (Wildman–Crippen MR) is 126 cm³/mol. The molecule has 4 rings (SSSR count). The Morgan fingerprint density at radius 1 is 1.09 bits per heavy atom. The Kier molecular flexibility index (Phi) is 5.99. The minimum absolute atomic E-state index is 0.0586. The zero-order chi connectivity index (χ0) is 24.0. The van der Waals surface area contributed by atoms with Crippen molar-refractivity contribution in [3.05, 3.63) is 75.9 Å². The third-order valence-corrected chi connectivity index (χ3v) is 6.39.